The van der Waals surface area contributed by atoms with E-state index in [1.54, 1.807) is 40.4 Å². The Morgan fingerprint density at radius 3 is 2.30 bits per heavy atom. The molecule has 6 fully saturated rings. The molecule has 0 radical (unpaired) electrons. The number of carboxylic acids is 1. The van der Waals surface area contributed by atoms with Crippen molar-refractivity contribution in [2.45, 2.75) is 81.5 Å². The maximum absolute atomic E-state index is 14.9. The number of amides is 3. The van der Waals surface area contributed by atoms with Crippen molar-refractivity contribution in [1.29, 1.82) is 0 Å². The number of rotatable bonds is 8. The molecule has 7 aliphatic rings. The number of nitrogens with zero attached hydrogens (tertiary/aromatic N) is 7. The van der Waals surface area contributed by atoms with Crippen LogP contribution in [0.15, 0.2) is 42.9 Å². The minimum atomic E-state index is -5.05. The van der Waals surface area contributed by atoms with E-state index in [1.165, 1.54) is 0 Å². The normalized spacial score (nSPS) is 29.2. The summed E-state index contributed by atoms with van der Waals surface area (Å²) < 4.78 is 51.2. The Hall–Kier alpha value is -5.22. The summed E-state index contributed by atoms with van der Waals surface area (Å²) in [7, 11) is 0. The molecule has 3 aromatic rings. The molecule has 1 spiro atoms. The topological polar surface area (TPSA) is 166 Å². The van der Waals surface area contributed by atoms with Crippen molar-refractivity contribution >= 4 is 35.5 Å². The molecule has 4 bridgehead atoms. The van der Waals surface area contributed by atoms with Crippen LogP contribution in [0.4, 0.5) is 35.5 Å². The zero-order chi connectivity index (χ0) is 39.7. The standard InChI is InChI=1S/C40H46F3N9O5/c1-2-44-37(56)51-13-8-38(21-51)22-52(31-5-4-28(19-30(31)38)57-27-6-11-50(12-7-27)35-45-9-3-10-46-35)36-47-20-29(32(48-36)40(41,42)43)33(53)49-39(34(54)55)25-15-23-14-24(17-25)18-26(39)16-23/h3-5,9-10,19-20,23-27H,2,6-8,11-18,21-22H2,1H3,(H,44,56)(H,49,53)(H,54,55). The molecule has 14 nitrogen and oxygen atoms in total. The molecule has 3 N–H and O–H groups in total. The molecular formula is C40H46F3N9O5. The predicted molar refractivity (Wildman–Crippen MR) is 200 cm³/mol. The average Bonchev–Trinajstić information content (AvgIpc) is 3.77. The summed E-state index contributed by atoms with van der Waals surface area (Å²) in [4.78, 5) is 62.3. The van der Waals surface area contributed by atoms with Crippen molar-refractivity contribution in [2.24, 2.45) is 23.7 Å². The lowest BCUT2D eigenvalue weighted by Gasteiger charge is -2.59. The molecule has 3 aliphatic heterocycles. The van der Waals surface area contributed by atoms with Gasteiger partial charge in [0.1, 0.15) is 17.4 Å². The van der Waals surface area contributed by atoms with Crippen LogP contribution in [0.5, 0.6) is 5.75 Å². The SMILES string of the molecule is CCNC(=O)N1CCC2(C1)CN(c1ncc(C(=O)NC3(C(=O)O)C4CC5CC(C4)CC3C5)c(C(F)(F)F)n1)c1ccc(OC3CCN(c4ncccn4)CC3)cc12. The van der Waals surface area contributed by atoms with Gasteiger partial charge in [-0.2, -0.15) is 13.2 Å². The molecule has 302 valence electrons. The molecule has 1 atom stereocenters. The van der Waals surface area contributed by atoms with Gasteiger partial charge in [0.05, 0.1) is 5.56 Å². The van der Waals surface area contributed by atoms with E-state index in [9.17, 15) is 32.7 Å². The van der Waals surface area contributed by atoms with E-state index in [2.05, 4.69) is 35.5 Å². The van der Waals surface area contributed by atoms with Crippen molar-refractivity contribution in [1.82, 2.24) is 35.5 Å². The maximum atomic E-state index is 14.9. The van der Waals surface area contributed by atoms with Gasteiger partial charge in [0.25, 0.3) is 5.91 Å². The molecule has 2 saturated heterocycles. The fourth-order valence-corrected chi connectivity index (χ4v) is 11.1. The number of nitrogens with one attached hydrogen (secondary N) is 2. The molecule has 2 aromatic heterocycles. The summed E-state index contributed by atoms with van der Waals surface area (Å²) in [6, 6.07) is 7.06. The van der Waals surface area contributed by atoms with Crippen LogP contribution in [0.25, 0.3) is 0 Å². The first-order chi connectivity index (χ1) is 27.4. The number of alkyl halides is 3. The summed E-state index contributed by atoms with van der Waals surface area (Å²) in [6.07, 6.45) is 4.74. The van der Waals surface area contributed by atoms with Crippen molar-refractivity contribution in [3.05, 3.63) is 59.7 Å². The first-order valence-corrected chi connectivity index (χ1v) is 20.0. The minimum Gasteiger partial charge on any atom is -0.490 e. The van der Waals surface area contributed by atoms with Crippen LogP contribution in [-0.2, 0) is 16.4 Å². The number of carbonyl (C=O) groups excluding carboxylic acids is 2. The number of urea groups is 1. The Kier molecular flexibility index (Phi) is 9.18. The van der Waals surface area contributed by atoms with Gasteiger partial charge in [-0.15, -0.1) is 0 Å². The number of aliphatic carboxylic acids is 1. The number of fused-ring (bicyclic) bond motifs is 2. The summed E-state index contributed by atoms with van der Waals surface area (Å²) in [5.74, 6) is -1.26. The van der Waals surface area contributed by atoms with Crippen LogP contribution in [0, 0.1) is 23.7 Å². The van der Waals surface area contributed by atoms with Crippen molar-refractivity contribution in [3.63, 3.8) is 0 Å². The van der Waals surface area contributed by atoms with Crippen LogP contribution in [0.1, 0.15) is 79.9 Å². The molecule has 17 heteroatoms. The van der Waals surface area contributed by atoms with Gasteiger partial charge in [0, 0.05) is 81.8 Å². The van der Waals surface area contributed by atoms with Crippen molar-refractivity contribution < 1.29 is 37.4 Å². The number of likely N-dealkylation sites (tertiary alicyclic amines) is 1. The third-order valence-corrected chi connectivity index (χ3v) is 13.5. The number of hydrogen-bond donors (Lipinski definition) is 3. The Morgan fingerprint density at radius 2 is 1.65 bits per heavy atom. The van der Waals surface area contributed by atoms with Crippen LogP contribution in [0.3, 0.4) is 0 Å². The smallest absolute Gasteiger partial charge is 0.434 e. The number of carbonyl (C=O) groups is 3. The number of benzene rings is 1. The largest absolute Gasteiger partial charge is 0.490 e. The van der Waals surface area contributed by atoms with Gasteiger partial charge < -0.3 is 35.2 Å². The maximum Gasteiger partial charge on any atom is 0.434 e. The van der Waals surface area contributed by atoms with E-state index >= 15 is 0 Å². The number of carboxylic acid groups (broad SMARTS) is 1. The van der Waals surface area contributed by atoms with Gasteiger partial charge in [-0.3, -0.25) is 4.79 Å². The summed E-state index contributed by atoms with van der Waals surface area (Å²) >= 11 is 0. The second-order valence-electron chi connectivity index (χ2n) is 16.8. The summed E-state index contributed by atoms with van der Waals surface area (Å²) in [6.45, 7) is 4.65. The Bertz CT molecular complexity index is 2040. The number of hydrogen-bond acceptors (Lipinski definition) is 10. The zero-order valence-corrected chi connectivity index (χ0v) is 31.7. The third kappa shape index (κ3) is 6.46. The lowest BCUT2D eigenvalue weighted by atomic mass is 9.48. The van der Waals surface area contributed by atoms with E-state index in [-0.39, 0.29) is 36.5 Å². The summed E-state index contributed by atoms with van der Waals surface area (Å²) in [5, 5.41) is 16.0. The van der Waals surface area contributed by atoms with Crippen LogP contribution in [0.2, 0.25) is 0 Å². The monoisotopic (exact) mass is 789 g/mol. The predicted octanol–water partition coefficient (Wildman–Crippen LogP) is 5.17. The van der Waals surface area contributed by atoms with Gasteiger partial charge >= 0.3 is 18.2 Å². The van der Waals surface area contributed by atoms with E-state index in [0.29, 0.717) is 94.0 Å². The molecular weight excluding hydrogens is 743 g/mol. The highest BCUT2D eigenvalue weighted by molar-refractivity contribution is 5.99. The number of aromatic nitrogens is 4. The highest BCUT2D eigenvalue weighted by atomic mass is 19.4. The van der Waals surface area contributed by atoms with Gasteiger partial charge in [-0.1, -0.05) is 0 Å². The lowest BCUT2D eigenvalue weighted by Crippen LogP contribution is -2.70. The first-order valence-electron chi connectivity index (χ1n) is 20.0. The highest BCUT2D eigenvalue weighted by Gasteiger charge is 2.62. The highest BCUT2D eigenvalue weighted by Crippen LogP contribution is 2.58. The molecule has 1 aromatic carbocycles. The van der Waals surface area contributed by atoms with E-state index in [1.807, 2.05) is 13.0 Å². The Morgan fingerprint density at radius 1 is 0.947 bits per heavy atom. The fraction of sp³-hybridized carbons (Fsp3) is 0.575. The zero-order valence-electron chi connectivity index (χ0n) is 31.7. The van der Waals surface area contributed by atoms with E-state index < -0.39 is 40.3 Å². The van der Waals surface area contributed by atoms with Crippen LogP contribution >= 0.6 is 0 Å². The number of anilines is 3. The quantitative estimate of drug-likeness (QED) is 0.276. The number of piperidine rings is 1. The second kappa shape index (κ2) is 14.0. The van der Waals surface area contributed by atoms with Gasteiger partial charge in [0.2, 0.25) is 11.9 Å². The molecule has 4 saturated carbocycles. The minimum absolute atomic E-state index is 0.0811. The van der Waals surface area contributed by atoms with Crippen LogP contribution in [-0.4, -0.2) is 98.8 Å². The molecule has 5 heterocycles. The molecule has 10 rings (SSSR count). The second-order valence-corrected chi connectivity index (χ2v) is 16.8. The molecule has 57 heavy (non-hydrogen) atoms. The Labute approximate surface area is 327 Å². The van der Waals surface area contributed by atoms with Crippen molar-refractivity contribution in [3.8, 4) is 5.75 Å². The number of ether oxygens (including phenoxy) is 1. The fourth-order valence-electron chi connectivity index (χ4n) is 11.1. The molecule has 1 unspecified atom stereocenters. The third-order valence-electron chi connectivity index (χ3n) is 13.5. The Balaban J connectivity index is 1.01. The van der Waals surface area contributed by atoms with Gasteiger partial charge in [-0.05, 0) is 98.9 Å². The van der Waals surface area contributed by atoms with Crippen molar-refractivity contribution in [2.75, 3.05) is 49.1 Å². The van der Waals surface area contributed by atoms with E-state index in [4.69, 9.17) is 4.74 Å². The molecule has 4 aliphatic carbocycles. The van der Waals surface area contributed by atoms with Crippen LogP contribution < -0.4 is 25.2 Å². The molecule has 3 amide bonds. The van der Waals surface area contributed by atoms with Gasteiger partial charge in [-0.25, -0.2) is 29.5 Å². The number of halogens is 3. The lowest BCUT2D eigenvalue weighted by molar-refractivity contribution is -0.163. The van der Waals surface area contributed by atoms with Gasteiger partial charge in [0.15, 0.2) is 5.69 Å². The first kappa shape index (κ1) is 37.4. The average molecular weight is 790 g/mol. The summed E-state index contributed by atoms with van der Waals surface area (Å²) in [5.41, 5.74) is -3.16. The van der Waals surface area contributed by atoms with E-state index in [0.717, 1.165) is 31.0 Å².